The molecular weight excluding hydrogens is 442 g/mol. The average molecular weight is 468 g/mol. The summed E-state index contributed by atoms with van der Waals surface area (Å²) in [6, 6.07) is 16.6. The lowest BCUT2D eigenvalue weighted by Gasteiger charge is -2.30. The number of carbonyl (C=O) groups excluding carboxylic acids is 2. The third-order valence-corrected chi connectivity index (χ3v) is 6.73. The molecule has 0 spiro atoms. The van der Waals surface area contributed by atoms with Crippen molar-refractivity contribution in [2.45, 2.75) is 26.2 Å². The second-order valence-electron chi connectivity index (χ2n) is 8.90. The fraction of sp³-hybridized carbons (Fsp3) is 0.250. The SMILES string of the molecule is CCOC(=O)c1cccc(Nc2cc(N3CCCCC3)c3noc4c3c2C(=O)c2ccccc2-4)c1. The minimum atomic E-state index is -0.381. The molecule has 1 N–H and O–H groups in total. The van der Waals surface area contributed by atoms with Gasteiger partial charge in [-0.25, -0.2) is 4.79 Å². The number of ketones is 1. The van der Waals surface area contributed by atoms with Gasteiger partial charge in [0.1, 0.15) is 5.52 Å². The summed E-state index contributed by atoms with van der Waals surface area (Å²) < 4.78 is 11.0. The molecule has 1 saturated heterocycles. The van der Waals surface area contributed by atoms with Gasteiger partial charge in [-0.1, -0.05) is 35.5 Å². The van der Waals surface area contributed by atoms with Gasteiger partial charge in [0.25, 0.3) is 0 Å². The van der Waals surface area contributed by atoms with E-state index in [-0.39, 0.29) is 11.8 Å². The average Bonchev–Trinajstić information content (AvgIpc) is 3.34. The van der Waals surface area contributed by atoms with E-state index in [1.54, 1.807) is 25.1 Å². The van der Waals surface area contributed by atoms with Gasteiger partial charge in [-0.2, -0.15) is 0 Å². The molecule has 0 atom stereocenters. The molecule has 176 valence electrons. The zero-order chi connectivity index (χ0) is 23.9. The zero-order valence-corrected chi connectivity index (χ0v) is 19.5. The van der Waals surface area contributed by atoms with Crippen LogP contribution in [0.5, 0.6) is 0 Å². The van der Waals surface area contributed by atoms with Crippen molar-refractivity contribution in [1.82, 2.24) is 5.16 Å². The van der Waals surface area contributed by atoms with Crippen LogP contribution in [-0.4, -0.2) is 36.6 Å². The van der Waals surface area contributed by atoms with Gasteiger partial charge >= 0.3 is 5.97 Å². The quantitative estimate of drug-likeness (QED) is 0.320. The van der Waals surface area contributed by atoms with Crippen LogP contribution in [0.2, 0.25) is 0 Å². The number of nitrogens with one attached hydrogen (secondary N) is 1. The van der Waals surface area contributed by atoms with E-state index in [1.165, 1.54) is 6.42 Å². The summed E-state index contributed by atoms with van der Waals surface area (Å²) in [4.78, 5) is 28.4. The maximum atomic E-state index is 13.8. The van der Waals surface area contributed by atoms with Crippen LogP contribution in [0.3, 0.4) is 0 Å². The van der Waals surface area contributed by atoms with E-state index in [0.717, 1.165) is 42.6 Å². The molecule has 1 aliphatic carbocycles. The Labute approximate surface area is 202 Å². The van der Waals surface area contributed by atoms with Crippen LogP contribution >= 0.6 is 0 Å². The van der Waals surface area contributed by atoms with E-state index in [9.17, 15) is 9.59 Å². The van der Waals surface area contributed by atoms with Gasteiger partial charge in [-0.15, -0.1) is 0 Å². The van der Waals surface area contributed by atoms with Gasteiger partial charge in [-0.3, -0.25) is 4.79 Å². The number of ether oxygens (including phenoxy) is 1. The largest absolute Gasteiger partial charge is 0.462 e. The Hall–Kier alpha value is -4.13. The molecule has 0 saturated carbocycles. The number of nitrogens with zero attached hydrogens (tertiary/aromatic N) is 2. The number of hydrogen-bond acceptors (Lipinski definition) is 7. The lowest BCUT2D eigenvalue weighted by Crippen LogP contribution is -2.29. The minimum absolute atomic E-state index is 0.0736. The molecule has 0 amide bonds. The summed E-state index contributed by atoms with van der Waals surface area (Å²) in [5, 5.41) is 8.60. The van der Waals surface area contributed by atoms with Crippen molar-refractivity contribution in [2.24, 2.45) is 0 Å². The lowest BCUT2D eigenvalue weighted by molar-refractivity contribution is 0.0526. The van der Waals surface area contributed by atoms with Crippen molar-refractivity contribution >= 4 is 39.7 Å². The maximum absolute atomic E-state index is 13.8. The number of piperidine rings is 1. The third kappa shape index (κ3) is 3.55. The highest BCUT2D eigenvalue weighted by molar-refractivity contribution is 6.28. The molecule has 1 aromatic heterocycles. The molecule has 2 heterocycles. The van der Waals surface area contributed by atoms with Gasteiger partial charge in [0, 0.05) is 29.9 Å². The van der Waals surface area contributed by atoms with Crippen LogP contribution in [0.25, 0.3) is 22.2 Å². The Balaban J connectivity index is 1.53. The Morgan fingerprint density at radius 1 is 1.06 bits per heavy atom. The number of hydrogen-bond donors (Lipinski definition) is 1. The third-order valence-electron chi connectivity index (χ3n) is 6.73. The van der Waals surface area contributed by atoms with Gasteiger partial charge in [0.15, 0.2) is 11.5 Å². The Kier molecular flexibility index (Phi) is 5.25. The number of carbonyl (C=O) groups is 2. The number of aromatic nitrogens is 1. The predicted octanol–water partition coefficient (Wildman–Crippen LogP) is 5.95. The number of benzene rings is 3. The van der Waals surface area contributed by atoms with Crippen molar-refractivity contribution in [1.29, 1.82) is 0 Å². The second-order valence-corrected chi connectivity index (χ2v) is 8.90. The molecule has 0 bridgehead atoms. The molecule has 4 aromatic rings. The molecule has 2 aliphatic rings. The smallest absolute Gasteiger partial charge is 0.338 e. The van der Waals surface area contributed by atoms with Crippen LogP contribution < -0.4 is 10.2 Å². The van der Waals surface area contributed by atoms with Gasteiger partial charge < -0.3 is 19.5 Å². The van der Waals surface area contributed by atoms with E-state index in [4.69, 9.17) is 9.26 Å². The molecule has 7 nitrogen and oxygen atoms in total. The topological polar surface area (TPSA) is 84.7 Å². The van der Waals surface area contributed by atoms with Crippen molar-refractivity contribution in [3.8, 4) is 11.3 Å². The van der Waals surface area contributed by atoms with E-state index < -0.39 is 0 Å². The molecule has 0 radical (unpaired) electrons. The number of anilines is 3. The maximum Gasteiger partial charge on any atom is 0.338 e. The van der Waals surface area contributed by atoms with Crippen LogP contribution in [0.15, 0.2) is 59.1 Å². The summed E-state index contributed by atoms with van der Waals surface area (Å²) in [6.45, 7) is 3.95. The highest BCUT2D eigenvalue weighted by atomic mass is 16.5. The second kappa shape index (κ2) is 8.58. The molecule has 1 fully saturated rings. The molecule has 1 aliphatic heterocycles. The number of fused-ring (bicyclic) bond motifs is 2. The number of esters is 1. The lowest BCUT2D eigenvalue weighted by atomic mass is 9.86. The zero-order valence-electron chi connectivity index (χ0n) is 19.5. The minimum Gasteiger partial charge on any atom is -0.462 e. The first-order chi connectivity index (χ1) is 17.2. The summed E-state index contributed by atoms with van der Waals surface area (Å²) in [5.74, 6) is 0.163. The molecule has 6 rings (SSSR count). The molecule has 0 unspecified atom stereocenters. The Morgan fingerprint density at radius 2 is 1.86 bits per heavy atom. The fourth-order valence-corrected chi connectivity index (χ4v) is 5.11. The normalized spacial score (nSPS) is 14.7. The highest BCUT2D eigenvalue weighted by Crippen LogP contribution is 2.46. The van der Waals surface area contributed by atoms with Gasteiger partial charge in [0.05, 0.1) is 34.5 Å². The summed E-state index contributed by atoms with van der Waals surface area (Å²) >= 11 is 0. The molecule has 35 heavy (non-hydrogen) atoms. The first kappa shape index (κ1) is 21.4. The van der Waals surface area contributed by atoms with Crippen molar-refractivity contribution in [3.05, 3.63) is 71.3 Å². The molecule has 7 heteroatoms. The van der Waals surface area contributed by atoms with Crippen molar-refractivity contribution < 1.29 is 18.8 Å². The summed E-state index contributed by atoms with van der Waals surface area (Å²) in [7, 11) is 0. The Morgan fingerprint density at radius 3 is 2.66 bits per heavy atom. The van der Waals surface area contributed by atoms with Gasteiger partial charge in [-0.05, 0) is 50.5 Å². The van der Waals surface area contributed by atoms with Crippen LogP contribution in [0.1, 0.15) is 52.5 Å². The van der Waals surface area contributed by atoms with Gasteiger partial charge in [0.2, 0.25) is 0 Å². The van der Waals surface area contributed by atoms with Crippen LogP contribution in [0.4, 0.5) is 17.1 Å². The summed E-state index contributed by atoms with van der Waals surface area (Å²) in [6.07, 6.45) is 3.43. The molecule has 3 aromatic carbocycles. The fourth-order valence-electron chi connectivity index (χ4n) is 5.11. The summed E-state index contributed by atoms with van der Waals surface area (Å²) in [5.41, 5.74) is 5.37. The van der Waals surface area contributed by atoms with E-state index in [2.05, 4.69) is 15.4 Å². The van der Waals surface area contributed by atoms with E-state index in [0.29, 0.717) is 45.9 Å². The monoisotopic (exact) mass is 467 g/mol. The van der Waals surface area contributed by atoms with Crippen molar-refractivity contribution in [3.63, 3.8) is 0 Å². The van der Waals surface area contributed by atoms with Crippen LogP contribution in [-0.2, 0) is 4.74 Å². The van der Waals surface area contributed by atoms with Crippen molar-refractivity contribution in [2.75, 3.05) is 29.9 Å². The first-order valence-corrected chi connectivity index (χ1v) is 12.1. The van der Waals surface area contributed by atoms with Crippen LogP contribution in [0, 0.1) is 0 Å². The predicted molar refractivity (Wildman–Crippen MR) is 135 cm³/mol. The van der Waals surface area contributed by atoms with E-state index in [1.807, 2.05) is 36.4 Å². The molecular formula is C28H25N3O4. The Bertz CT molecular complexity index is 1470. The standard InChI is InChI=1S/C28H25N3O4/c1-2-34-28(33)17-9-8-10-18(15-17)29-21-16-22(31-13-6-3-7-14-31)25-24-23(21)26(32)19-11-4-5-12-20(19)27(24)35-30-25/h4-5,8-12,15-16,29H,2-3,6-7,13-14H2,1H3. The highest BCUT2D eigenvalue weighted by Gasteiger charge is 2.33. The van der Waals surface area contributed by atoms with E-state index >= 15 is 0 Å². The first-order valence-electron chi connectivity index (χ1n) is 12.1. The number of rotatable bonds is 5.